The zero-order valence-electron chi connectivity index (χ0n) is 12.5. The van der Waals surface area contributed by atoms with E-state index in [2.05, 4.69) is 23.7 Å². The Morgan fingerprint density at radius 1 is 1.29 bits per heavy atom. The van der Waals surface area contributed by atoms with Gasteiger partial charge in [0.2, 0.25) is 5.91 Å². The summed E-state index contributed by atoms with van der Waals surface area (Å²) in [6, 6.07) is 9.99. The summed E-state index contributed by atoms with van der Waals surface area (Å²) in [6.07, 6.45) is 2.20. The molecule has 21 heavy (non-hydrogen) atoms. The van der Waals surface area contributed by atoms with E-state index in [0.717, 1.165) is 24.2 Å². The highest BCUT2D eigenvalue weighted by molar-refractivity contribution is 7.07. The molecular weight excluding hydrogens is 282 g/mol. The molecule has 0 saturated carbocycles. The van der Waals surface area contributed by atoms with Gasteiger partial charge in [-0.1, -0.05) is 19.1 Å². The first-order valence-electron chi connectivity index (χ1n) is 7.17. The summed E-state index contributed by atoms with van der Waals surface area (Å²) >= 11 is 1.67. The highest BCUT2D eigenvalue weighted by Crippen LogP contribution is 2.20. The van der Waals surface area contributed by atoms with Gasteiger partial charge in [-0.2, -0.15) is 11.3 Å². The second kappa shape index (κ2) is 7.84. The van der Waals surface area contributed by atoms with Crippen LogP contribution in [0.2, 0.25) is 0 Å². The number of hydrogen-bond acceptors (Lipinski definition) is 3. The van der Waals surface area contributed by atoms with Crippen LogP contribution in [0.5, 0.6) is 5.75 Å². The standard InChI is InChI=1S/C17H21NO2S/c1-3-16(14-5-7-15(20-2)8-6-14)18-17(19)9-4-13-10-11-21-12-13/h5-8,10-12,16H,3-4,9H2,1-2H3,(H,18,19). The molecule has 112 valence electrons. The van der Waals surface area contributed by atoms with E-state index in [9.17, 15) is 4.79 Å². The van der Waals surface area contributed by atoms with E-state index in [-0.39, 0.29) is 11.9 Å². The van der Waals surface area contributed by atoms with Crippen molar-refractivity contribution >= 4 is 17.2 Å². The van der Waals surface area contributed by atoms with E-state index in [4.69, 9.17) is 4.74 Å². The summed E-state index contributed by atoms with van der Waals surface area (Å²) in [4.78, 5) is 12.1. The van der Waals surface area contributed by atoms with Gasteiger partial charge >= 0.3 is 0 Å². The Kier molecular flexibility index (Phi) is 5.81. The fraction of sp³-hybridized carbons (Fsp3) is 0.353. The van der Waals surface area contributed by atoms with Crippen molar-refractivity contribution in [1.82, 2.24) is 5.32 Å². The van der Waals surface area contributed by atoms with E-state index < -0.39 is 0 Å². The lowest BCUT2D eigenvalue weighted by atomic mass is 10.0. The van der Waals surface area contributed by atoms with Gasteiger partial charge in [0.1, 0.15) is 5.75 Å². The average Bonchev–Trinajstić information content (AvgIpc) is 3.04. The maximum atomic E-state index is 12.1. The van der Waals surface area contributed by atoms with E-state index in [0.29, 0.717) is 6.42 Å². The van der Waals surface area contributed by atoms with Crippen molar-refractivity contribution in [3.63, 3.8) is 0 Å². The highest BCUT2D eigenvalue weighted by Gasteiger charge is 2.12. The van der Waals surface area contributed by atoms with Crippen LogP contribution in [-0.4, -0.2) is 13.0 Å². The molecule has 3 nitrogen and oxygen atoms in total. The van der Waals surface area contributed by atoms with Crippen LogP contribution < -0.4 is 10.1 Å². The molecule has 0 radical (unpaired) electrons. The third kappa shape index (κ3) is 4.60. The zero-order valence-corrected chi connectivity index (χ0v) is 13.3. The van der Waals surface area contributed by atoms with Crippen LogP contribution in [-0.2, 0) is 11.2 Å². The molecule has 1 amide bonds. The molecule has 1 aromatic heterocycles. The van der Waals surface area contributed by atoms with Crippen molar-refractivity contribution in [1.29, 1.82) is 0 Å². The Morgan fingerprint density at radius 2 is 2.05 bits per heavy atom. The van der Waals surface area contributed by atoms with Gasteiger partial charge in [0.05, 0.1) is 13.2 Å². The van der Waals surface area contributed by atoms with Gasteiger partial charge in [-0.3, -0.25) is 4.79 Å². The molecule has 0 saturated heterocycles. The lowest BCUT2D eigenvalue weighted by Crippen LogP contribution is -2.28. The van der Waals surface area contributed by atoms with E-state index >= 15 is 0 Å². The molecule has 0 fully saturated rings. The summed E-state index contributed by atoms with van der Waals surface area (Å²) in [6.45, 7) is 2.08. The maximum absolute atomic E-state index is 12.1. The Labute approximate surface area is 130 Å². The van der Waals surface area contributed by atoms with E-state index in [1.54, 1.807) is 18.4 Å². The number of nitrogens with one attached hydrogen (secondary N) is 1. The number of benzene rings is 1. The quantitative estimate of drug-likeness (QED) is 0.841. The number of rotatable bonds is 7. The maximum Gasteiger partial charge on any atom is 0.220 e. The number of carbonyl (C=O) groups is 1. The second-order valence-corrected chi connectivity index (χ2v) is 5.71. The normalized spacial score (nSPS) is 11.9. The molecule has 0 aliphatic rings. The van der Waals surface area contributed by atoms with Crippen molar-refractivity contribution < 1.29 is 9.53 Å². The van der Waals surface area contributed by atoms with Crippen LogP contribution in [0.25, 0.3) is 0 Å². The topological polar surface area (TPSA) is 38.3 Å². The molecule has 0 spiro atoms. The molecule has 0 aliphatic heterocycles. The van der Waals surface area contributed by atoms with Gasteiger partial charge in [0.25, 0.3) is 0 Å². The first-order chi connectivity index (χ1) is 10.2. The molecular formula is C17H21NO2S. The predicted octanol–water partition coefficient (Wildman–Crippen LogP) is 3.96. The van der Waals surface area contributed by atoms with Gasteiger partial charge in [-0.05, 0) is 52.9 Å². The Bertz CT molecular complexity index is 549. The number of carbonyl (C=O) groups excluding carboxylic acids is 1. The fourth-order valence-corrected chi connectivity index (χ4v) is 2.92. The fourth-order valence-electron chi connectivity index (χ4n) is 2.22. The Morgan fingerprint density at radius 3 is 2.62 bits per heavy atom. The second-order valence-electron chi connectivity index (χ2n) is 4.93. The first-order valence-corrected chi connectivity index (χ1v) is 8.11. The molecule has 0 aliphatic carbocycles. The molecule has 1 heterocycles. The monoisotopic (exact) mass is 303 g/mol. The van der Waals surface area contributed by atoms with E-state index in [1.807, 2.05) is 29.6 Å². The van der Waals surface area contributed by atoms with Crippen LogP contribution in [0.15, 0.2) is 41.1 Å². The molecule has 2 rings (SSSR count). The SMILES string of the molecule is CCC(NC(=O)CCc1ccsc1)c1ccc(OC)cc1. The molecule has 0 bridgehead atoms. The van der Waals surface area contributed by atoms with Gasteiger partial charge in [-0.25, -0.2) is 0 Å². The highest BCUT2D eigenvalue weighted by atomic mass is 32.1. The molecule has 1 N–H and O–H groups in total. The van der Waals surface area contributed by atoms with Crippen LogP contribution in [0.4, 0.5) is 0 Å². The lowest BCUT2D eigenvalue weighted by Gasteiger charge is -2.17. The molecule has 1 unspecified atom stereocenters. The van der Waals surface area contributed by atoms with Crippen molar-refractivity contribution in [2.45, 2.75) is 32.2 Å². The van der Waals surface area contributed by atoms with Gasteiger partial charge < -0.3 is 10.1 Å². The van der Waals surface area contributed by atoms with Crippen molar-refractivity contribution in [3.8, 4) is 5.75 Å². The summed E-state index contributed by atoms with van der Waals surface area (Å²) in [7, 11) is 1.65. The zero-order chi connectivity index (χ0) is 15.1. The average molecular weight is 303 g/mol. The smallest absolute Gasteiger partial charge is 0.220 e. The van der Waals surface area contributed by atoms with Crippen molar-refractivity contribution in [3.05, 3.63) is 52.2 Å². The largest absolute Gasteiger partial charge is 0.497 e. The number of hydrogen-bond donors (Lipinski definition) is 1. The number of thiophene rings is 1. The molecule has 1 atom stereocenters. The van der Waals surface area contributed by atoms with Crippen LogP contribution >= 0.6 is 11.3 Å². The number of aryl methyl sites for hydroxylation is 1. The number of ether oxygens (including phenoxy) is 1. The predicted molar refractivity (Wildman–Crippen MR) is 86.8 cm³/mol. The van der Waals surface area contributed by atoms with Crippen molar-refractivity contribution in [2.75, 3.05) is 7.11 Å². The minimum atomic E-state index is 0.0610. The molecule has 1 aromatic carbocycles. The third-order valence-corrected chi connectivity index (χ3v) is 4.21. The van der Waals surface area contributed by atoms with Gasteiger partial charge in [0.15, 0.2) is 0 Å². The van der Waals surface area contributed by atoms with Crippen LogP contribution in [0.1, 0.15) is 36.9 Å². The lowest BCUT2D eigenvalue weighted by molar-refractivity contribution is -0.121. The molecule has 4 heteroatoms. The van der Waals surface area contributed by atoms with Crippen molar-refractivity contribution in [2.24, 2.45) is 0 Å². The van der Waals surface area contributed by atoms with Gasteiger partial charge in [0, 0.05) is 6.42 Å². The van der Waals surface area contributed by atoms with Crippen LogP contribution in [0, 0.1) is 0 Å². The minimum Gasteiger partial charge on any atom is -0.497 e. The first kappa shape index (κ1) is 15.6. The van der Waals surface area contributed by atoms with E-state index in [1.165, 1.54) is 5.56 Å². The summed E-state index contributed by atoms with van der Waals surface area (Å²) in [5.74, 6) is 0.932. The summed E-state index contributed by atoms with van der Waals surface area (Å²) < 4.78 is 5.16. The molecule has 2 aromatic rings. The Balaban J connectivity index is 1.89. The summed E-state index contributed by atoms with van der Waals surface area (Å²) in [5, 5.41) is 7.24. The Hall–Kier alpha value is -1.81. The minimum absolute atomic E-state index is 0.0610. The number of amides is 1. The van der Waals surface area contributed by atoms with Crippen LogP contribution in [0.3, 0.4) is 0 Å². The third-order valence-electron chi connectivity index (χ3n) is 3.48. The summed E-state index contributed by atoms with van der Waals surface area (Å²) in [5.41, 5.74) is 2.34. The van der Waals surface area contributed by atoms with Gasteiger partial charge in [-0.15, -0.1) is 0 Å². The number of methoxy groups -OCH3 is 1.